The zero-order chi connectivity index (χ0) is 18.6. The Hall–Kier alpha value is -2.09. The van der Waals surface area contributed by atoms with E-state index in [1.807, 2.05) is 27.8 Å². The number of carbonyl (C=O) groups excluding carboxylic acids is 1. The van der Waals surface area contributed by atoms with Crippen LogP contribution in [-0.2, 0) is 4.79 Å². The molecule has 1 saturated heterocycles. The molecule has 2 fully saturated rings. The lowest BCUT2D eigenvalue weighted by Gasteiger charge is -2.25. The number of hydrogen-bond donors (Lipinski definition) is 0. The normalized spacial score (nSPS) is 20.3. The highest BCUT2D eigenvalue weighted by molar-refractivity contribution is 7.99. The zero-order valence-corrected chi connectivity index (χ0v) is 16.4. The van der Waals surface area contributed by atoms with Gasteiger partial charge in [0.05, 0.1) is 24.9 Å². The van der Waals surface area contributed by atoms with Gasteiger partial charge in [-0.2, -0.15) is 0 Å². The minimum atomic E-state index is 0.124. The van der Waals surface area contributed by atoms with Crippen LogP contribution in [-0.4, -0.2) is 50.4 Å². The number of ether oxygens (including phenoxy) is 1. The van der Waals surface area contributed by atoms with Crippen molar-refractivity contribution in [3.8, 4) is 5.75 Å². The maximum absolute atomic E-state index is 12.9. The van der Waals surface area contributed by atoms with E-state index in [1.165, 1.54) is 24.6 Å². The summed E-state index contributed by atoms with van der Waals surface area (Å²) in [7, 11) is 1.67. The van der Waals surface area contributed by atoms with E-state index in [1.54, 1.807) is 7.11 Å². The van der Waals surface area contributed by atoms with E-state index in [0.29, 0.717) is 11.8 Å². The molecule has 2 aromatic rings. The maximum Gasteiger partial charge on any atom is 0.233 e. The van der Waals surface area contributed by atoms with Crippen LogP contribution in [0.15, 0.2) is 29.4 Å². The molecule has 7 nitrogen and oxygen atoms in total. The summed E-state index contributed by atoms with van der Waals surface area (Å²) in [5, 5.41) is 12.9. The van der Waals surface area contributed by atoms with Gasteiger partial charge in [0.2, 0.25) is 11.1 Å². The summed E-state index contributed by atoms with van der Waals surface area (Å²) in [5.41, 5.74) is 1.14. The molecule has 1 aromatic heterocycles. The molecule has 8 heteroatoms. The summed E-state index contributed by atoms with van der Waals surface area (Å²) in [4.78, 5) is 14.9. The average molecular weight is 388 g/mol. The lowest BCUT2D eigenvalue weighted by molar-refractivity contribution is -0.129. The molecule has 0 radical (unpaired) electrons. The van der Waals surface area contributed by atoms with Gasteiger partial charge in [-0.15, -0.1) is 5.10 Å². The molecule has 2 aliphatic rings. The zero-order valence-electron chi connectivity index (χ0n) is 15.6. The first-order valence-corrected chi connectivity index (χ1v) is 10.6. The minimum Gasteiger partial charge on any atom is -0.497 e. The third-order valence-electron chi connectivity index (χ3n) is 5.51. The Kier molecular flexibility index (Phi) is 5.61. The Balaban J connectivity index is 1.41. The van der Waals surface area contributed by atoms with Crippen molar-refractivity contribution in [2.75, 3.05) is 19.4 Å². The number of hydrogen-bond acceptors (Lipinski definition) is 6. The van der Waals surface area contributed by atoms with Crippen molar-refractivity contribution in [1.82, 2.24) is 25.1 Å². The van der Waals surface area contributed by atoms with Gasteiger partial charge in [-0.25, -0.2) is 4.68 Å². The minimum absolute atomic E-state index is 0.124. The van der Waals surface area contributed by atoms with E-state index in [0.717, 1.165) is 48.7 Å². The third-order valence-corrected chi connectivity index (χ3v) is 6.43. The van der Waals surface area contributed by atoms with Crippen LogP contribution >= 0.6 is 11.8 Å². The van der Waals surface area contributed by atoms with E-state index in [-0.39, 0.29) is 11.9 Å². The summed E-state index contributed by atoms with van der Waals surface area (Å²) in [6.07, 6.45) is 6.71. The van der Waals surface area contributed by atoms with Crippen LogP contribution < -0.4 is 4.74 Å². The van der Waals surface area contributed by atoms with Crippen molar-refractivity contribution in [1.29, 1.82) is 0 Å². The fourth-order valence-electron chi connectivity index (χ4n) is 4.13. The second-order valence-electron chi connectivity index (χ2n) is 7.15. The number of benzene rings is 1. The first-order chi connectivity index (χ1) is 13.3. The number of nitrogens with zero attached hydrogens (tertiary/aromatic N) is 5. The van der Waals surface area contributed by atoms with Gasteiger partial charge in [-0.05, 0) is 53.8 Å². The number of aromatic nitrogens is 4. The summed E-state index contributed by atoms with van der Waals surface area (Å²) >= 11 is 1.45. The van der Waals surface area contributed by atoms with Crippen molar-refractivity contribution >= 4 is 17.7 Å². The standard InChI is InChI=1S/C19H25N5O2S/c1-26-16-9-4-6-14(12-16)17-10-5-11-23(17)18(25)13-27-19-20-21-22-24(19)15-7-2-3-8-15/h4,6,9,12,15,17H,2-3,5,7-8,10-11,13H2,1H3. The van der Waals surface area contributed by atoms with Crippen LogP contribution in [0.2, 0.25) is 0 Å². The topological polar surface area (TPSA) is 73.1 Å². The van der Waals surface area contributed by atoms with Crippen LogP contribution in [0.3, 0.4) is 0 Å². The monoisotopic (exact) mass is 387 g/mol. The van der Waals surface area contributed by atoms with E-state index in [9.17, 15) is 4.79 Å². The smallest absolute Gasteiger partial charge is 0.233 e. The summed E-state index contributed by atoms with van der Waals surface area (Å²) < 4.78 is 7.25. The number of amides is 1. The molecule has 1 atom stereocenters. The van der Waals surface area contributed by atoms with Gasteiger partial charge in [0.1, 0.15) is 5.75 Å². The van der Waals surface area contributed by atoms with Gasteiger partial charge in [0.25, 0.3) is 0 Å². The average Bonchev–Trinajstić information content (AvgIpc) is 3.46. The number of thioether (sulfide) groups is 1. The van der Waals surface area contributed by atoms with E-state index >= 15 is 0 Å². The summed E-state index contributed by atoms with van der Waals surface area (Å²) in [5.74, 6) is 1.34. The van der Waals surface area contributed by atoms with E-state index in [2.05, 4.69) is 21.6 Å². The molecule has 1 amide bonds. The van der Waals surface area contributed by atoms with Gasteiger partial charge in [0, 0.05) is 6.54 Å². The van der Waals surface area contributed by atoms with Gasteiger partial charge >= 0.3 is 0 Å². The highest BCUT2D eigenvalue weighted by Gasteiger charge is 2.30. The van der Waals surface area contributed by atoms with E-state index in [4.69, 9.17) is 4.74 Å². The quantitative estimate of drug-likeness (QED) is 0.709. The molecule has 1 aliphatic heterocycles. The second-order valence-corrected chi connectivity index (χ2v) is 8.10. The van der Waals surface area contributed by atoms with Crippen molar-refractivity contribution in [2.24, 2.45) is 0 Å². The highest BCUT2D eigenvalue weighted by Crippen LogP contribution is 2.35. The summed E-state index contributed by atoms with van der Waals surface area (Å²) in [6, 6.07) is 8.53. The van der Waals surface area contributed by atoms with Crippen molar-refractivity contribution in [2.45, 2.75) is 55.8 Å². The summed E-state index contributed by atoms with van der Waals surface area (Å²) in [6.45, 7) is 0.800. The molecular formula is C19H25N5O2S. The Bertz CT molecular complexity index is 790. The van der Waals surface area contributed by atoms with Gasteiger partial charge in [-0.1, -0.05) is 36.7 Å². The Morgan fingerprint density at radius 2 is 2.11 bits per heavy atom. The first kappa shape index (κ1) is 18.3. The predicted octanol–water partition coefficient (Wildman–Crippen LogP) is 3.25. The Morgan fingerprint density at radius 1 is 1.26 bits per heavy atom. The molecule has 0 N–H and O–H groups in total. The van der Waals surface area contributed by atoms with Crippen LogP contribution in [0, 0.1) is 0 Å². The third kappa shape index (κ3) is 3.95. The lowest BCUT2D eigenvalue weighted by atomic mass is 10.0. The van der Waals surface area contributed by atoms with Crippen LogP contribution in [0.25, 0.3) is 0 Å². The molecule has 27 heavy (non-hydrogen) atoms. The molecule has 1 aliphatic carbocycles. The number of carbonyl (C=O) groups is 1. The molecule has 4 rings (SSSR count). The lowest BCUT2D eigenvalue weighted by Crippen LogP contribution is -2.32. The molecule has 0 spiro atoms. The van der Waals surface area contributed by atoms with Gasteiger partial charge in [0.15, 0.2) is 0 Å². The van der Waals surface area contributed by atoms with Gasteiger partial charge in [-0.3, -0.25) is 4.79 Å². The molecular weight excluding hydrogens is 362 g/mol. The second kappa shape index (κ2) is 8.29. The van der Waals surface area contributed by atoms with Crippen LogP contribution in [0.4, 0.5) is 0 Å². The number of likely N-dealkylation sites (tertiary alicyclic amines) is 1. The van der Waals surface area contributed by atoms with Crippen LogP contribution in [0.1, 0.15) is 56.2 Å². The molecule has 2 heterocycles. The molecule has 1 unspecified atom stereocenters. The molecule has 1 aromatic carbocycles. The Labute approximate surface area is 163 Å². The first-order valence-electron chi connectivity index (χ1n) is 9.60. The largest absolute Gasteiger partial charge is 0.497 e. The maximum atomic E-state index is 12.9. The molecule has 0 bridgehead atoms. The van der Waals surface area contributed by atoms with Crippen molar-refractivity contribution < 1.29 is 9.53 Å². The van der Waals surface area contributed by atoms with E-state index < -0.39 is 0 Å². The van der Waals surface area contributed by atoms with Crippen molar-refractivity contribution in [3.63, 3.8) is 0 Å². The SMILES string of the molecule is COc1cccc(C2CCCN2C(=O)CSc2nnnn2C2CCCC2)c1. The number of rotatable bonds is 6. The predicted molar refractivity (Wildman–Crippen MR) is 103 cm³/mol. The number of methoxy groups -OCH3 is 1. The fourth-order valence-corrected chi connectivity index (χ4v) is 4.96. The Morgan fingerprint density at radius 3 is 2.93 bits per heavy atom. The van der Waals surface area contributed by atoms with Crippen LogP contribution in [0.5, 0.6) is 5.75 Å². The highest BCUT2D eigenvalue weighted by atomic mass is 32.2. The van der Waals surface area contributed by atoms with Crippen molar-refractivity contribution in [3.05, 3.63) is 29.8 Å². The number of tetrazole rings is 1. The molecule has 144 valence electrons. The molecule has 1 saturated carbocycles. The van der Waals surface area contributed by atoms with Gasteiger partial charge < -0.3 is 9.64 Å². The fraction of sp³-hybridized carbons (Fsp3) is 0.579.